The highest BCUT2D eigenvalue weighted by molar-refractivity contribution is 6.03. The maximum absolute atomic E-state index is 13.0. The second kappa shape index (κ2) is 6.51. The third-order valence-corrected chi connectivity index (χ3v) is 4.28. The van der Waals surface area contributed by atoms with Gasteiger partial charge in [-0.3, -0.25) is 19.5 Å². The zero-order chi connectivity index (χ0) is 18.1. The predicted octanol–water partition coefficient (Wildman–Crippen LogP) is 2.96. The van der Waals surface area contributed by atoms with E-state index >= 15 is 0 Å². The van der Waals surface area contributed by atoms with Gasteiger partial charge < -0.3 is 10.1 Å². The number of carbonyl (C=O) groups is 2. The van der Waals surface area contributed by atoms with Crippen molar-refractivity contribution in [1.29, 1.82) is 0 Å². The van der Waals surface area contributed by atoms with Crippen LogP contribution in [-0.4, -0.2) is 28.0 Å². The number of aromatic nitrogens is 2. The summed E-state index contributed by atoms with van der Waals surface area (Å²) < 4.78 is 7.33. The summed E-state index contributed by atoms with van der Waals surface area (Å²) in [5.74, 6) is 0.475. The number of nitrogens with one attached hydrogen (secondary N) is 2. The maximum Gasteiger partial charge on any atom is 0.248 e. The normalized spacial score (nSPS) is 16.0. The molecule has 0 bridgehead atoms. The molecule has 1 unspecified atom stereocenters. The van der Waals surface area contributed by atoms with Gasteiger partial charge in [-0.15, -0.1) is 0 Å². The molecule has 0 radical (unpaired) electrons. The van der Waals surface area contributed by atoms with Crippen LogP contribution < -0.4 is 15.4 Å². The lowest BCUT2D eigenvalue weighted by molar-refractivity contribution is -0.124. The first-order chi connectivity index (χ1) is 12.7. The number of nitrogens with zero attached hydrogens (tertiary/aromatic N) is 2. The zero-order valence-electron chi connectivity index (χ0n) is 14.2. The van der Waals surface area contributed by atoms with Gasteiger partial charge in [-0.2, -0.15) is 0 Å². The largest absolute Gasteiger partial charge is 0.492 e. The Hall–Kier alpha value is -3.35. The van der Waals surface area contributed by atoms with Crippen LogP contribution in [0.3, 0.4) is 0 Å². The summed E-state index contributed by atoms with van der Waals surface area (Å²) in [7, 11) is 0. The van der Waals surface area contributed by atoms with E-state index < -0.39 is 6.04 Å². The first kappa shape index (κ1) is 16.1. The Morgan fingerprint density at radius 2 is 2.04 bits per heavy atom. The molecule has 132 valence electrons. The molecule has 26 heavy (non-hydrogen) atoms. The van der Waals surface area contributed by atoms with Gasteiger partial charge in [-0.05, 0) is 31.2 Å². The van der Waals surface area contributed by atoms with Gasteiger partial charge in [0, 0.05) is 0 Å². The van der Waals surface area contributed by atoms with E-state index in [1.54, 1.807) is 16.7 Å². The molecule has 0 spiro atoms. The minimum atomic E-state index is -0.680. The summed E-state index contributed by atoms with van der Waals surface area (Å²) in [4.78, 5) is 29.5. The molecular formula is C19H18N4O3. The average Bonchev–Trinajstić information content (AvgIpc) is 3.00. The summed E-state index contributed by atoms with van der Waals surface area (Å²) in [6.45, 7) is 2.38. The number of fused-ring (bicyclic) bond motifs is 3. The number of hydrogen-bond donors (Lipinski definition) is 2. The summed E-state index contributed by atoms with van der Waals surface area (Å²) in [5, 5.41) is 5.63. The molecule has 1 atom stereocenters. The number of benzene rings is 2. The molecule has 0 saturated carbocycles. The second-order valence-corrected chi connectivity index (χ2v) is 5.98. The monoisotopic (exact) mass is 350 g/mol. The lowest BCUT2D eigenvalue weighted by atomic mass is 10.1. The van der Waals surface area contributed by atoms with Crippen LogP contribution in [0, 0.1) is 0 Å². The number of imidazole rings is 1. The number of anilines is 2. The van der Waals surface area contributed by atoms with Crippen molar-refractivity contribution in [2.75, 3.05) is 17.2 Å². The Kier molecular flexibility index (Phi) is 4.04. The van der Waals surface area contributed by atoms with Crippen molar-refractivity contribution in [3.05, 3.63) is 48.5 Å². The Balaban J connectivity index is 1.70. The molecule has 1 aromatic heterocycles. The summed E-state index contributed by atoms with van der Waals surface area (Å²) in [6, 6.07) is 14.1. The van der Waals surface area contributed by atoms with Crippen LogP contribution in [0.4, 0.5) is 11.6 Å². The predicted molar refractivity (Wildman–Crippen MR) is 98.3 cm³/mol. The quantitative estimate of drug-likeness (QED) is 0.757. The molecule has 0 saturated heterocycles. The molecule has 2 aromatic carbocycles. The standard InChI is InChI=1S/C19H18N4O3/c1-2-26-16-10-6-4-8-13(16)20-18(25)15-11-17(24)22-19-21-12-7-3-5-9-14(12)23(15)19/h3-10,15H,2,11H2,1H3,(H,20,25)(H,21,22,24). The molecule has 1 aliphatic rings. The number of carbonyl (C=O) groups excluding carboxylic acids is 2. The fraction of sp³-hybridized carbons (Fsp3) is 0.211. The summed E-state index contributed by atoms with van der Waals surface area (Å²) in [6.07, 6.45) is 0.0516. The topological polar surface area (TPSA) is 85.2 Å². The van der Waals surface area contributed by atoms with Crippen molar-refractivity contribution < 1.29 is 14.3 Å². The molecule has 2 heterocycles. The van der Waals surface area contributed by atoms with Gasteiger partial charge in [0.25, 0.3) is 0 Å². The van der Waals surface area contributed by atoms with Gasteiger partial charge in [-0.1, -0.05) is 24.3 Å². The first-order valence-electron chi connectivity index (χ1n) is 8.47. The van der Waals surface area contributed by atoms with E-state index in [9.17, 15) is 9.59 Å². The van der Waals surface area contributed by atoms with Crippen LogP contribution in [0.15, 0.2) is 48.5 Å². The molecular weight excluding hydrogens is 332 g/mol. The number of amides is 2. The third-order valence-electron chi connectivity index (χ3n) is 4.28. The van der Waals surface area contributed by atoms with Crippen molar-refractivity contribution in [1.82, 2.24) is 9.55 Å². The highest BCUT2D eigenvalue weighted by atomic mass is 16.5. The Morgan fingerprint density at radius 1 is 1.27 bits per heavy atom. The van der Waals surface area contributed by atoms with E-state index in [2.05, 4.69) is 15.6 Å². The first-order valence-corrected chi connectivity index (χ1v) is 8.47. The van der Waals surface area contributed by atoms with Crippen molar-refractivity contribution in [2.24, 2.45) is 0 Å². The smallest absolute Gasteiger partial charge is 0.248 e. The molecule has 0 aliphatic carbocycles. The van der Waals surface area contributed by atoms with E-state index in [0.29, 0.717) is 24.0 Å². The molecule has 4 rings (SSSR count). The van der Waals surface area contributed by atoms with Crippen LogP contribution in [0.5, 0.6) is 5.75 Å². The number of para-hydroxylation sites is 4. The number of rotatable bonds is 4. The SMILES string of the molecule is CCOc1ccccc1NC(=O)C1CC(=O)Nc2nc3ccccc3n21. The molecule has 7 heteroatoms. The van der Waals surface area contributed by atoms with Gasteiger partial charge in [0.2, 0.25) is 17.8 Å². The van der Waals surface area contributed by atoms with Gasteiger partial charge in [0.1, 0.15) is 11.8 Å². The fourth-order valence-electron chi connectivity index (χ4n) is 3.17. The van der Waals surface area contributed by atoms with Crippen LogP contribution >= 0.6 is 0 Å². The Labute approximate surface area is 150 Å². The second-order valence-electron chi connectivity index (χ2n) is 5.98. The van der Waals surface area contributed by atoms with Crippen molar-refractivity contribution >= 4 is 34.5 Å². The van der Waals surface area contributed by atoms with E-state index in [-0.39, 0.29) is 18.2 Å². The highest BCUT2D eigenvalue weighted by Gasteiger charge is 2.33. The van der Waals surface area contributed by atoms with Gasteiger partial charge >= 0.3 is 0 Å². The summed E-state index contributed by atoms with van der Waals surface area (Å²) >= 11 is 0. The lowest BCUT2D eigenvalue weighted by Gasteiger charge is -2.25. The Morgan fingerprint density at radius 3 is 2.88 bits per heavy atom. The maximum atomic E-state index is 13.0. The number of ether oxygens (including phenoxy) is 1. The third kappa shape index (κ3) is 2.77. The molecule has 2 N–H and O–H groups in total. The number of hydrogen-bond acceptors (Lipinski definition) is 4. The van der Waals surface area contributed by atoms with Crippen molar-refractivity contribution in [3.63, 3.8) is 0 Å². The Bertz CT molecular complexity index is 995. The minimum Gasteiger partial charge on any atom is -0.492 e. The molecule has 2 amide bonds. The van der Waals surface area contributed by atoms with Crippen LogP contribution in [0.1, 0.15) is 19.4 Å². The van der Waals surface area contributed by atoms with Crippen LogP contribution in [0.2, 0.25) is 0 Å². The molecule has 1 aliphatic heterocycles. The van der Waals surface area contributed by atoms with E-state index in [0.717, 1.165) is 11.0 Å². The lowest BCUT2D eigenvalue weighted by Crippen LogP contribution is -2.35. The van der Waals surface area contributed by atoms with E-state index in [1.807, 2.05) is 43.3 Å². The van der Waals surface area contributed by atoms with E-state index in [4.69, 9.17) is 4.74 Å². The zero-order valence-corrected chi connectivity index (χ0v) is 14.2. The molecule has 0 fully saturated rings. The van der Waals surface area contributed by atoms with Crippen LogP contribution in [-0.2, 0) is 9.59 Å². The molecule has 7 nitrogen and oxygen atoms in total. The average molecular weight is 350 g/mol. The van der Waals surface area contributed by atoms with Gasteiger partial charge in [0.05, 0.1) is 29.7 Å². The van der Waals surface area contributed by atoms with E-state index in [1.165, 1.54) is 0 Å². The van der Waals surface area contributed by atoms with Gasteiger partial charge in [0.15, 0.2) is 0 Å². The fourth-order valence-corrected chi connectivity index (χ4v) is 3.17. The van der Waals surface area contributed by atoms with Crippen LogP contribution in [0.25, 0.3) is 11.0 Å². The highest BCUT2D eigenvalue weighted by Crippen LogP contribution is 2.32. The minimum absolute atomic E-state index is 0.0516. The molecule has 3 aromatic rings. The van der Waals surface area contributed by atoms with Crippen molar-refractivity contribution in [3.8, 4) is 5.75 Å². The summed E-state index contributed by atoms with van der Waals surface area (Å²) in [5.41, 5.74) is 2.12. The van der Waals surface area contributed by atoms with Crippen molar-refractivity contribution in [2.45, 2.75) is 19.4 Å². The van der Waals surface area contributed by atoms with Gasteiger partial charge in [-0.25, -0.2) is 4.98 Å².